The van der Waals surface area contributed by atoms with Crippen molar-refractivity contribution in [1.29, 1.82) is 0 Å². The van der Waals surface area contributed by atoms with Gasteiger partial charge in [0.05, 0.1) is 11.6 Å². The highest BCUT2D eigenvalue weighted by molar-refractivity contribution is 5.82. The van der Waals surface area contributed by atoms with Crippen LogP contribution in [0.3, 0.4) is 0 Å². The first kappa shape index (κ1) is 25.3. The third-order valence-corrected chi connectivity index (χ3v) is 6.33. The molecule has 0 bridgehead atoms. The van der Waals surface area contributed by atoms with Gasteiger partial charge in [-0.2, -0.15) is 13.2 Å². The number of rotatable bonds is 9. The Bertz CT molecular complexity index is 1010. The van der Waals surface area contributed by atoms with Crippen LogP contribution in [0, 0.1) is 5.92 Å². The zero-order valence-electron chi connectivity index (χ0n) is 20.0. The van der Waals surface area contributed by atoms with Gasteiger partial charge in [-0.25, -0.2) is 0 Å². The maximum atomic E-state index is 13.0. The summed E-state index contributed by atoms with van der Waals surface area (Å²) in [6.45, 7) is 6.98. The minimum atomic E-state index is -4.34. The van der Waals surface area contributed by atoms with Gasteiger partial charge < -0.3 is 20.1 Å². The van der Waals surface area contributed by atoms with Gasteiger partial charge >= 0.3 is 6.18 Å². The fourth-order valence-electron chi connectivity index (χ4n) is 4.61. The molecule has 1 saturated heterocycles. The summed E-state index contributed by atoms with van der Waals surface area (Å²) in [6.07, 6.45) is -2.99. The number of nitrogens with one attached hydrogen (secondary N) is 2. The molecule has 2 N–H and O–H groups in total. The summed E-state index contributed by atoms with van der Waals surface area (Å²) < 4.78 is 49.1. The highest BCUT2D eigenvalue weighted by Gasteiger charge is 2.36. The van der Waals surface area contributed by atoms with Crippen LogP contribution in [-0.2, 0) is 23.9 Å². The molecule has 0 unspecified atom stereocenters. The number of benzene rings is 2. The van der Waals surface area contributed by atoms with Gasteiger partial charge in [0.25, 0.3) is 0 Å². The van der Waals surface area contributed by atoms with Crippen LogP contribution in [0.5, 0.6) is 11.5 Å². The molecular formula is C26H32F3N3O3. The molecule has 35 heavy (non-hydrogen) atoms. The van der Waals surface area contributed by atoms with E-state index >= 15 is 0 Å². The fourth-order valence-corrected chi connectivity index (χ4v) is 4.61. The Hall–Kier alpha value is -2.78. The molecule has 0 aliphatic carbocycles. The second-order valence-electron chi connectivity index (χ2n) is 9.60. The van der Waals surface area contributed by atoms with E-state index in [2.05, 4.69) is 29.4 Å². The van der Waals surface area contributed by atoms with Crippen molar-refractivity contribution in [2.75, 3.05) is 26.4 Å². The second-order valence-corrected chi connectivity index (χ2v) is 9.60. The van der Waals surface area contributed by atoms with Gasteiger partial charge in [-0.3, -0.25) is 9.69 Å². The monoisotopic (exact) mass is 491 g/mol. The molecular weight excluding hydrogens is 459 g/mol. The van der Waals surface area contributed by atoms with Crippen LogP contribution in [0.4, 0.5) is 13.2 Å². The first-order valence-electron chi connectivity index (χ1n) is 12.0. The van der Waals surface area contributed by atoms with Crippen molar-refractivity contribution in [2.24, 2.45) is 5.92 Å². The number of carbonyl (C=O) groups excluding carboxylic acids is 1. The van der Waals surface area contributed by atoms with E-state index in [1.54, 1.807) is 0 Å². The zero-order chi connectivity index (χ0) is 25.0. The van der Waals surface area contributed by atoms with Gasteiger partial charge in [0, 0.05) is 32.2 Å². The van der Waals surface area contributed by atoms with Crippen LogP contribution in [0.25, 0.3) is 0 Å². The average Bonchev–Trinajstić information content (AvgIpc) is 3.43. The van der Waals surface area contributed by atoms with Gasteiger partial charge in [0.2, 0.25) is 12.7 Å². The second kappa shape index (κ2) is 10.9. The first-order chi connectivity index (χ1) is 16.7. The lowest BCUT2D eigenvalue weighted by molar-refractivity contribution is -0.137. The van der Waals surface area contributed by atoms with Crippen LogP contribution in [0.1, 0.15) is 37.0 Å². The lowest BCUT2D eigenvalue weighted by Gasteiger charge is -2.25. The number of amides is 1. The maximum absolute atomic E-state index is 13.0. The molecule has 1 amide bonds. The maximum Gasteiger partial charge on any atom is 0.416 e. The minimum Gasteiger partial charge on any atom is -0.454 e. The molecule has 0 saturated carbocycles. The Morgan fingerprint density at radius 1 is 1.09 bits per heavy atom. The third kappa shape index (κ3) is 6.67. The van der Waals surface area contributed by atoms with Crippen molar-refractivity contribution in [3.05, 3.63) is 59.2 Å². The Kier molecular flexibility index (Phi) is 7.86. The predicted octanol–water partition coefficient (Wildman–Crippen LogP) is 3.98. The molecule has 1 fully saturated rings. The van der Waals surface area contributed by atoms with Crippen LogP contribution < -0.4 is 20.1 Å². The van der Waals surface area contributed by atoms with Crippen molar-refractivity contribution in [3.63, 3.8) is 0 Å². The number of halogens is 3. The van der Waals surface area contributed by atoms with Crippen molar-refractivity contribution in [1.82, 2.24) is 15.5 Å². The highest BCUT2D eigenvalue weighted by Crippen LogP contribution is 2.32. The van der Waals surface area contributed by atoms with Gasteiger partial charge in [0.1, 0.15) is 0 Å². The number of hydrogen-bond acceptors (Lipinski definition) is 5. The molecule has 2 aromatic rings. The van der Waals surface area contributed by atoms with E-state index in [4.69, 9.17) is 9.47 Å². The molecule has 2 aliphatic rings. The summed E-state index contributed by atoms with van der Waals surface area (Å²) in [5, 5.41) is 6.49. The number of alkyl halides is 3. The number of ether oxygens (including phenoxy) is 2. The summed E-state index contributed by atoms with van der Waals surface area (Å²) in [5.41, 5.74) is 1.20. The Labute approximate surface area is 203 Å². The van der Waals surface area contributed by atoms with Gasteiger partial charge in [0.15, 0.2) is 11.5 Å². The normalized spacial score (nSPS) is 19.9. The SMILES string of the molecule is CC(C)CN1C[C@H](NCc2ccc(C(F)(F)F)cc2)C[C@H]1C(=O)NCCc1ccc2c(c1)OCO2. The van der Waals surface area contributed by atoms with Crippen LogP contribution in [-0.4, -0.2) is 49.3 Å². The van der Waals surface area contributed by atoms with E-state index in [1.807, 2.05) is 18.2 Å². The molecule has 6 nitrogen and oxygen atoms in total. The first-order valence-corrected chi connectivity index (χ1v) is 12.0. The van der Waals surface area contributed by atoms with Gasteiger partial charge in [-0.05, 0) is 54.2 Å². The molecule has 2 heterocycles. The van der Waals surface area contributed by atoms with E-state index in [0.29, 0.717) is 31.8 Å². The van der Waals surface area contributed by atoms with Crippen molar-refractivity contribution >= 4 is 5.91 Å². The number of hydrogen-bond donors (Lipinski definition) is 2. The molecule has 4 rings (SSSR count). The third-order valence-electron chi connectivity index (χ3n) is 6.33. The molecule has 0 radical (unpaired) electrons. The van der Waals surface area contributed by atoms with E-state index in [-0.39, 0.29) is 24.8 Å². The summed E-state index contributed by atoms with van der Waals surface area (Å²) in [6, 6.07) is 10.8. The molecule has 0 spiro atoms. The fraction of sp³-hybridized carbons (Fsp3) is 0.500. The van der Waals surface area contributed by atoms with Crippen LogP contribution in [0.2, 0.25) is 0 Å². The highest BCUT2D eigenvalue weighted by atomic mass is 19.4. The van der Waals surface area contributed by atoms with Gasteiger partial charge in [-0.1, -0.05) is 32.0 Å². The minimum absolute atomic E-state index is 0.00484. The topological polar surface area (TPSA) is 62.8 Å². The molecule has 2 aliphatic heterocycles. The van der Waals surface area contributed by atoms with Crippen LogP contribution >= 0.6 is 0 Å². The molecule has 190 valence electrons. The summed E-state index contributed by atoms with van der Waals surface area (Å²) in [5.74, 6) is 1.88. The standard InChI is InChI=1S/C26H32F3N3O3/c1-17(2)14-32-15-21(31-13-19-3-6-20(7-4-19)26(27,28)29)12-22(32)25(33)30-10-9-18-5-8-23-24(11-18)35-16-34-23/h3-8,11,17,21-22,31H,9-10,12-16H2,1-2H3,(H,30,33)/t21-,22+/m1/s1. The van der Waals surface area contributed by atoms with Crippen molar-refractivity contribution in [3.8, 4) is 11.5 Å². The van der Waals surface area contributed by atoms with Crippen molar-refractivity contribution in [2.45, 2.75) is 51.5 Å². The quantitative estimate of drug-likeness (QED) is 0.556. The van der Waals surface area contributed by atoms with Crippen molar-refractivity contribution < 1.29 is 27.4 Å². The zero-order valence-corrected chi connectivity index (χ0v) is 20.0. The lowest BCUT2D eigenvalue weighted by Crippen LogP contribution is -2.45. The van der Waals surface area contributed by atoms with Crippen LogP contribution in [0.15, 0.2) is 42.5 Å². The predicted molar refractivity (Wildman–Crippen MR) is 126 cm³/mol. The van der Waals surface area contributed by atoms with E-state index in [1.165, 1.54) is 12.1 Å². The molecule has 0 aromatic heterocycles. The average molecular weight is 492 g/mol. The van der Waals surface area contributed by atoms with E-state index < -0.39 is 11.7 Å². The largest absolute Gasteiger partial charge is 0.454 e. The number of fused-ring (bicyclic) bond motifs is 1. The van der Waals surface area contributed by atoms with E-state index in [0.717, 1.165) is 47.8 Å². The Morgan fingerprint density at radius 2 is 1.80 bits per heavy atom. The summed E-state index contributed by atoms with van der Waals surface area (Å²) in [7, 11) is 0. The number of likely N-dealkylation sites (tertiary alicyclic amines) is 1. The molecule has 2 aromatic carbocycles. The Balaban J connectivity index is 1.29. The Morgan fingerprint density at radius 3 is 2.51 bits per heavy atom. The van der Waals surface area contributed by atoms with Gasteiger partial charge in [-0.15, -0.1) is 0 Å². The smallest absolute Gasteiger partial charge is 0.416 e. The number of nitrogens with zero attached hydrogens (tertiary/aromatic N) is 1. The summed E-state index contributed by atoms with van der Waals surface area (Å²) >= 11 is 0. The van der Waals surface area contributed by atoms with E-state index in [9.17, 15) is 18.0 Å². The number of carbonyl (C=O) groups is 1. The molecule has 2 atom stereocenters. The molecule has 9 heteroatoms. The summed E-state index contributed by atoms with van der Waals surface area (Å²) in [4.78, 5) is 15.2. The lowest BCUT2D eigenvalue weighted by atomic mass is 10.1.